The van der Waals surface area contributed by atoms with Crippen molar-refractivity contribution in [1.82, 2.24) is 19.9 Å². The van der Waals surface area contributed by atoms with Gasteiger partial charge < -0.3 is 9.88 Å². The molecule has 19 heavy (non-hydrogen) atoms. The Hall–Kier alpha value is -2.43. The molecule has 94 valence electrons. The van der Waals surface area contributed by atoms with Crippen LogP contribution in [0, 0.1) is 0 Å². The van der Waals surface area contributed by atoms with Gasteiger partial charge in [0.1, 0.15) is 11.5 Å². The lowest BCUT2D eigenvalue weighted by Gasteiger charge is -2.39. The number of hydrogen-bond acceptors (Lipinski definition) is 4. The van der Waals surface area contributed by atoms with Crippen LogP contribution in [0.5, 0.6) is 0 Å². The highest BCUT2D eigenvalue weighted by Gasteiger charge is 2.30. The molecule has 0 saturated carbocycles. The quantitative estimate of drug-likeness (QED) is 0.756. The van der Waals surface area contributed by atoms with Gasteiger partial charge in [0.05, 0.1) is 6.20 Å². The molecule has 5 nitrogen and oxygen atoms in total. The van der Waals surface area contributed by atoms with Crippen LogP contribution in [0.3, 0.4) is 0 Å². The number of aromatic amines is 1. The van der Waals surface area contributed by atoms with E-state index in [1.165, 1.54) is 11.1 Å². The number of rotatable bonds is 2. The fourth-order valence-corrected chi connectivity index (χ4v) is 2.52. The molecule has 1 aliphatic heterocycles. The summed E-state index contributed by atoms with van der Waals surface area (Å²) in [5, 5.41) is 1.18. The Morgan fingerprint density at radius 3 is 2.89 bits per heavy atom. The monoisotopic (exact) mass is 251 g/mol. The normalized spacial score (nSPS) is 15.7. The van der Waals surface area contributed by atoms with E-state index in [1.54, 1.807) is 12.4 Å². The average Bonchev–Trinajstić information content (AvgIpc) is 2.81. The van der Waals surface area contributed by atoms with E-state index in [0.29, 0.717) is 5.92 Å². The number of nitrogens with zero attached hydrogens (tertiary/aromatic N) is 4. The van der Waals surface area contributed by atoms with E-state index >= 15 is 0 Å². The molecule has 0 aromatic carbocycles. The highest BCUT2D eigenvalue weighted by Crippen LogP contribution is 2.30. The molecule has 0 aliphatic carbocycles. The molecule has 0 amide bonds. The molecule has 4 rings (SSSR count). The van der Waals surface area contributed by atoms with Crippen molar-refractivity contribution in [3.8, 4) is 0 Å². The van der Waals surface area contributed by atoms with Gasteiger partial charge in [0.25, 0.3) is 0 Å². The molecule has 1 saturated heterocycles. The van der Waals surface area contributed by atoms with E-state index in [4.69, 9.17) is 0 Å². The van der Waals surface area contributed by atoms with Gasteiger partial charge in [-0.15, -0.1) is 0 Å². The van der Waals surface area contributed by atoms with E-state index in [-0.39, 0.29) is 0 Å². The maximum absolute atomic E-state index is 4.33. The molecule has 0 unspecified atom stereocenters. The van der Waals surface area contributed by atoms with E-state index in [2.05, 4.69) is 37.0 Å². The minimum atomic E-state index is 0.524. The summed E-state index contributed by atoms with van der Waals surface area (Å²) in [7, 11) is 0. The summed E-state index contributed by atoms with van der Waals surface area (Å²) >= 11 is 0. The van der Waals surface area contributed by atoms with Crippen LogP contribution in [-0.2, 0) is 0 Å². The standard InChI is InChI=1S/C14H13N5/c1-2-10-6-12(18-14(10)17-3-1)11-8-19(9-11)13-7-15-4-5-16-13/h1-7,11H,8-9H2,(H,17,18). The van der Waals surface area contributed by atoms with Crippen molar-refractivity contribution in [3.63, 3.8) is 0 Å². The third-order valence-corrected chi connectivity index (χ3v) is 3.61. The second-order valence-corrected chi connectivity index (χ2v) is 4.83. The van der Waals surface area contributed by atoms with Crippen LogP contribution in [0.4, 0.5) is 5.82 Å². The average molecular weight is 251 g/mol. The fraction of sp³-hybridized carbons (Fsp3) is 0.214. The highest BCUT2D eigenvalue weighted by atomic mass is 15.2. The molecule has 1 aliphatic rings. The number of pyridine rings is 1. The summed E-state index contributed by atoms with van der Waals surface area (Å²) in [5.74, 6) is 1.48. The Morgan fingerprint density at radius 1 is 1.16 bits per heavy atom. The van der Waals surface area contributed by atoms with Crippen molar-refractivity contribution in [1.29, 1.82) is 0 Å². The molecule has 5 heteroatoms. The van der Waals surface area contributed by atoms with Crippen molar-refractivity contribution in [3.05, 3.63) is 48.7 Å². The zero-order valence-electron chi connectivity index (χ0n) is 10.3. The van der Waals surface area contributed by atoms with Gasteiger partial charge in [-0.25, -0.2) is 9.97 Å². The Kier molecular flexibility index (Phi) is 2.24. The number of anilines is 1. The molecule has 4 heterocycles. The number of nitrogens with one attached hydrogen (secondary N) is 1. The largest absolute Gasteiger partial charge is 0.354 e. The first-order chi connectivity index (χ1) is 9.40. The van der Waals surface area contributed by atoms with Gasteiger partial charge in [0.2, 0.25) is 0 Å². The van der Waals surface area contributed by atoms with Crippen molar-refractivity contribution in [2.24, 2.45) is 0 Å². The predicted molar refractivity (Wildman–Crippen MR) is 73.1 cm³/mol. The zero-order chi connectivity index (χ0) is 12.7. The van der Waals surface area contributed by atoms with Gasteiger partial charge in [0.15, 0.2) is 0 Å². The van der Waals surface area contributed by atoms with Crippen LogP contribution >= 0.6 is 0 Å². The van der Waals surface area contributed by atoms with Gasteiger partial charge in [-0.3, -0.25) is 4.98 Å². The maximum Gasteiger partial charge on any atom is 0.147 e. The Labute approximate surface area is 110 Å². The summed E-state index contributed by atoms with van der Waals surface area (Å²) in [5.41, 5.74) is 2.23. The van der Waals surface area contributed by atoms with Gasteiger partial charge in [0, 0.05) is 48.7 Å². The lowest BCUT2D eigenvalue weighted by Crippen LogP contribution is -2.45. The first-order valence-electron chi connectivity index (χ1n) is 6.35. The lowest BCUT2D eigenvalue weighted by molar-refractivity contribution is 0.511. The van der Waals surface area contributed by atoms with Crippen LogP contribution in [0.25, 0.3) is 11.0 Å². The first-order valence-corrected chi connectivity index (χ1v) is 6.35. The summed E-state index contributed by atoms with van der Waals surface area (Å²) < 4.78 is 0. The molecule has 0 atom stereocenters. The van der Waals surface area contributed by atoms with Gasteiger partial charge in [-0.2, -0.15) is 0 Å². The topological polar surface area (TPSA) is 57.7 Å². The number of aromatic nitrogens is 4. The highest BCUT2D eigenvalue weighted by molar-refractivity contribution is 5.76. The van der Waals surface area contributed by atoms with Gasteiger partial charge in [-0.1, -0.05) is 0 Å². The predicted octanol–water partition coefficient (Wildman–Crippen LogP) is 1.96. The van der Waals surface area contributed by atoms with E-state index in [1.807, 2.05) is 18.5 Å². The van der Waals surface area contributed by atoms with Crippen LogP contribution in [-0.4, -0.2) is 33.0 Å². The van der Waals surface area contributed by atoms with Crippen molar-refractivity contribution in [2.75, 3.05) is 18.0 Å². The lowest BCUT2D eigenvalue weighted by atomic mass is 9.96. The number of H-pyrrole nitrogens is 1. The third kappa shape index (κ3) is 1.74. The second kappa shape index (κ2) is 4.05. The SMILES string of the molecule is c1cnc2[nH]c(C3CN(c4cnccn4)C3)cc2c1. The molecule has 3 aromatic rings. The van der Waals surface area contributed by atoms with Crippen LogP contribution in [0.2, 0.25) is 0 Å². The van der Waals surface area contributed by atoms with Gasteiger partial charge in [-0.05, 0) is 18.2 Å². The van der Waals surface area contributed by atoms with Gasteiger partial charge >= 0.3 is 0 Å². The first kappa shape index (κ1) is 10.5. The maximum atomic E-state index is 4.33. The van der Waals surface area contributed by atoms with E-state index in [9.17, 15) is 0 Å². The number of fused-ring (bicyclic) bond motifs is 1. The molecule has 0 radical (unpaired) electrons. The summed E-state index contributed by atoms with van der Waals surface area (Å²) in [6.45, 7) is 1.96. The Balaban J connectivity index is 1.54. The smallest absolute Gasteiger partial charge is 0.147 e. The second-order valence-electron chi connectivity index (χ2n) is 4.83. The molecular weight excluding hydrogens is 238 g/mol. The summed E-state index contributed by atoms with van der Waals surface area (Å²) in [6.07, 6.45) is 7.05. The third-order valence-electron chi connectivity index (χ3n) is 3.61. The molecule has 1 N–H and O–H groups in total. The van der Waals surface area contributed by atoms with E-state index in [0.717, 1.165) is 24.6 Å². The molecule has 3 aromatic heterocycles. The van der Waals surface area contributed by atoms with Crippen molar-refractivity contribution >= 4 is 16.9 Å². The molecule has 0 spiro atoms. The van der Waals surface area contributed by atoms with Crippen molar-refractivity contribution < 1.29 is 0 Å². The van der Waals surface area contributed by atoms with E-state index < -0.39 is 0 Å². The minimum absolute atomic E-state index is 0.524. The molecular formula is C14H13N5. The fourth-order valence-electron chi connectivity index (χ4n) is 2.52. The van der Waals surface area contributed by atoms with Crippen LogP contribution < -0.4 is 4.90 Å². The zero-order valence-corrected chi connectivity index (χ0v) is 10.3. The minimum Gasteiger partial charge on any atom is -0.354 e. The molecule has 0 bridgehead atoms. The Bertz CT molecular complexity index is 667. The number of hydrogen-bond donors (Lipinski definition) is 1. The van der Waals surface area contributed by atoms with Crippen molar-refractivity contribution in [2.45, 2.75) is 5.92 Å². The van der Waals surface area contributed by atoms with Crippen LogP contribution in [0.1, 0.15) is 11.6 Å². The summed E-state index contributed by atoms with van der Waals surface area (Å²) in [4.78, 5) is 18.4. The summed E-state index contributed by atoms with van der Waals surface area (Å²) in [6, 6.07) is 6.25. The molecule has 1 fully saturated rings. The van der Waals surface area contributed by atoms with Crippen LogP contribution in [0.15, 0.2) is 43.0 Å². The Morgan fingerprint density at radius 2 is 2.11 bits per heavy atom.